The van der Waals surface area contributed by atoms with Gasteiger partial charge in [0.2, 0.25) is 0 Å². The SMILES string of the molecule is N=C(N)CCCC1CCCO1. The molecule has 0 aromatic rings. The van der Waals surface area contributed by atoms with Crippen LogP contribution in [-0.2, 0) is 4.74 Å². The Morgan fingerprint density at radius 2 is 2.45 bits per heavy atom. The Hall–Kier alpha value is -0.570. The fourth-order valence-electron chi connectivity index (χ4n) is 1.39. The largest absolute Gasteiger partial charge is 0.388 e. The van der Waals surface area contributed by atoms with Crippen LogP contribution in [0.3, 0.4) is 0 Å². The van der Waals surface area contributed by atoms with Crippen LogP contribution in [0.4, 0.5) is 0 Å². The van der Waals surface area contributed by atoms with Gasteiger partial charge in [0.25, 0.3) is 0 Å². The van der Waals surface area contributed by atoms with Crippen LogP contribution in [0.1, 0.15) is 32.1 Å². The van der Waals surface area contributed by atoms with Gasteiger partial charge in [-0.1, -0.05) is 0 Å². The first-order valence-corrected chi connectivity index (χ1v) is 4.23. The van der Waals surface area contributed by atoms with Gasteiger partial charge in [-0.2, -0.15) is 0 Å². The minimum absolute atomic E-state index is 0.294. The predicted molar refractivity (Wildman–Crippen MR) is 44.7 cm³/mol. The second-order valence-electron chi connectivity index (χ2n) is 3.05. The van der Waals surface area contributed by atoms with Gasteiger partial charge in [0.05, 0.1) is 11.9 Å². The zero-order valence-corrected chi connectivity index (χ0v) is 6.81. The fraction of sp³-hybridized carbons (Fsp3) is 0.875. The van der Waals surface area contributed by atoms with Gasteiger partial charge in [-0.3, -0.25) is 5.41 Å². The Kier molecular flexibility index (Phi) is 3.36. The summed E-state index contributed by atoms with van der Waals surface area (Å²) < 4.78 is 5.42. The summed E-state index contributed by atoms with van der Waals surface area (Å²) in [5.74, 6) is 0.294. The third-order valence-corrected chi connectivity index (χ3v) is 2.00. The summed E-state index contributed by atoms with van der Waals surface area (Å²) in [4.78, 5) is 0. The van der Waals surface area contributed by atoms with Crippen molar-refractivity contribution in [1.82, 2.24) is 0 Å². The molecule has 0 aromatic carbocycles. The molecule has 3 heteroatoms. The van der Waals surface area contributed by atoms with Gasteiger partial charge in [0, 0.05) is 13.0 Å². The standard InChI is InChI=1S/C8H16N2O/c9-8(10)5-1-3-7-4-2-6-11-7/h7H,1-6H2,(H3,9,10). The van der Waals surface area contributed by atoms with Crippen molar-refractivity contribution in [2.75, 3.05) is 6.61 Å². The van der Waals surface area contributed by atoms with Crippen molar-refractivity contribution >= 4 is 5.84 Å². The highest BCUT2D eigenvalue weighted by atomic mass is 16.5. The average Bonchev–Trinajstić information content (AvgIpc) is 2.39. The lowest BCUT2D eigenvalue weighted by Crippen LogP contribution is -2.11. The van der Waals surface area contributed by atoms with Crippen LogP contribution >= 0.6 is 0 Å². The topological polar surface area (TPSA) is 59.1 Å². The highest BCUT2D eigenvalue weighted by molar-refractivity contribution is 5.76. The van der Waals surface area contributed by atoms with E-state index in [4.69, 9.17) is 15.9 Å². The molecule has 0 aliphatic carbocycles. The van der Waals surface area contributed by atoms with Gasteiger partial charge in [0.1, 0.15) is 0 Å². The third-order valence-electron chi connectivity index (χ3n) is 2.00. The van der Waals surface area contributed by atoms with E-state index in [2.05, 4.69) is 0 Å². The Morgan fingerprint density at radius 1 is 1.64 bits per heavy atom. The zero-order valence-electron chi connectivity index (χ0n) is 6.81. The molecule has 0 spiro atoms. The lowest BCUT2D eigenvalue weighted by Gasteiger charge is -2.07. The van der Waals surface area contributed by atoms with Gasteiger partial charge in [-0.05, 0) is 25.7 Å². The van der Waals surface area contributed by atoms with E-state index in [9.17, 15) is 0 Å². The van der Waals surface area contributed by atoms with E-state index < -0.39 is 0 Å². The summed E-state index contributed by atoms with van der Waals surface area (Å²) in [6.45, 7) is 0.921. The summed E-state index contributed by atoms with van der Waals surface area (Å²) in [5, 5.41) is 7.01. The Morgan fingerprint density at radius 3 is 3.00 bits per heavy atom. The number of hydrogen-bond donors (Lipinski definition) is 2. The van der Waals surface area contributed by atoms with Crippen molar-refractivity contribution in [2.24, 2.45) is 5.73 Å². The first-order valence-electron chi connectivity index (χ1n) is 4.23. The Labute approximate surface area is 67.4 Å². The molecule has 0 amide bonds. The van der Waals surface area contributed by atoms with Crippen molar-refractivity contribution in [3.05, 3.63) is 0 Å². The minimum atomic E-state index is 0.294. The molecule has 1 atom stereocenters. The molecule has 3 N–H and O–H groups in total. The number of hydrogen-bond acceptors (Lipinski definition) is 2. The molecule has 1 aliphatic heterocycles. The molecule has 0 bridgehead atoms. The molecule has 1 heterocycles. The lowest BCUT2D eigenvalue weighted by molar-refractivity contribution is 0.103. The monoisotopic (exact) mass is 156 g/mol. The van der Waals surface area contributed by atoms with E-state index in [1.807, 2.05) is 0 Å². The van der Waals surface area contributed by atoms with Gasteiger partial charge < -0.3 is 10.5 Å². The molecule has 3 nitrogen and oxygen atoms in total. The van der Waals surface area contributed by atoms with Crippen LogP contribution in [0.5, 0.6) is 0 Å². The van der Waals surface area contributed by atoms with E-state index in [0.717, 1.165) is 25.9 Å². The summed E-state index contributed by atoms with van der Waals surface area (Å²) in [6, 6.07) is 0. The lowest BCUT2D eigenvalue weighted by atomic mass is 10.1. The second kappa shape index (κ2) is 4.34. The summed E-state index contributed by atoms with van der Waals surface area (Å²) in [5.41, 5.74) is 5.22. The highest BCUT2D eigenvalue weighted by Gasteiger charge is 2.14. The molecular formula is C8H16N2O. The molecule has 1 fully saturated rings. The van der Waals surface area contributed by atoms with Crippen molar-refractivity contribution in [2.45, 2.75) is 38.2 Å². The minimum Gasteiger partial charge on any atom is -0.388 e. The van der Waals surface area contributed by atoms with E-state index in [0.29, 0.717) is 11.9 Å². The molecule has 0 saturated carbocycles. The van der Waals surface area contributed by atoms with E-state index in [-0.39, 0.29) is 0 Å². The number of rotatable bonds is 4. The number of ether oxygens (including phenoxy) is 1. The predicted octanol–water partition coefficient (Wildman–Crippen LogP) is 1.27. The van der Waals surface area contributed by atoms with Gasteiger partial charge in [-0.25, -0.2) is 0 Å². The summed E-state index contributed by atoms with van der Waals surface area (Å²) in [7, 11) is 0. The molecule has 1 unspecified atom stereocenters. The van der Waals surface area contributed by atoms with Crippen LogP contribution in [0.2, 0.25) is 0 Å². The molecule has 0 aromatic heterocycles. The van der Waals surface area contributed by atoms with Gasteiger partial charge in [-0.15, -0.1) is 0 Å². The van der Waals surface area contributed by atoms with Crippen molar-refractivity contribution < 1.29 is 4.74 Å². The summed E-state index contributed by atoms with van der Waals surface area (Å²) in [6.07, 6.45) is 5.64. The molecule has 11 heavy (non-hydrogen) atoms. The molecule has 1 aliphatic rings. The summed E-state index contributed by atoms with van der Waals surface area (Å²) >= 11 is 0. The highest BCUT2D eigenvalue weighted by Crippen LogP contribution is 2.17. The maximum absolute atomic E-state index is 7.01. The van der Waals surface area contributed by atoms with E-state index >= 15 is 0 Å². The van der Waals surface area contributed by atoms with Gasteiger partial charge >= 0.3 is 0 Å². The molecular weight excluding hydrogens is 140 g/mol. The van der Waals surface area contributed by atoms with Crippen LogP contribution in [0.25, 0.3) is 0 Å². The molecule has 0 radical (unpaired) electrons. The van der Waals surface area contributed by atoms with Crippen molar-refractivity contribution in [1.29, 1.82) is 5.41 Å². The van der Waals surface area contributed by atoms with Crippen molar-refractivity contribution in [3.8, 4) is 0 Å². The van der Waals surface area contributed by atoms with Gasteiger partial charge in [0.15, 0.2) is 0 Å². The second-order valence-corrected chi connectivity index (χ2v) is 3.05. The molecule has 64 valence electrons. The average molecular weight is 156 g/mol. The maximum atomic E-state index is 7.01. The molecule has 1 saturated heterocycles. The first-order chi connectivity index (χ1) is 5.29. The number of nitrogens with two attached hydrogens (primary N) is 1. The van der Waals surface area contributed by atoms with E-state index in [1.165, 1.54) is 12.8 Å². The van der Waals surface area contributed by atoms with E-state index in [1.54, 1.807) is 0 Å². The number of amidine groups is 1. The molecule has 1 rings (SSSR count). The van der Waals surface area contributed by atoms with Crippen LogP contribution < -0.4 is 5.73 Å². The maximum Gasteiger partial charge on any atom is 0.0905 e. The zero-order chi connectivity index (χ0) is 8.10. The Balaban J connectivity index is 1.98. The van der Waals surface area contributed by atoms with Crippen LogP contribution in [0.15, 0.2) is 0 Å². The fourth-order valence-corrected chi connectivity index (χ4v) is 1.39. The third kappa shape index (κ3) is 3.37. The van der Waals surface area contributed by atoms with Crippen LogP contribution in [-0.4, -0.2) is 18.5 Å². The Bertz CT molecular complexity index is 130. The normalized spacial score (nSPS) is 23.8. The number of nitrogens with one attached hydrogen (secondary N) is 1. The smallest absolute Gasteiger partial charge is 0.0905 e. The van der Waals surface area contributed by atoms with Crippen molar-refractivity contribution in [3.63, 3.8) is 0 Å². The quantitative estimate of drug-likeness (QED) is 0.475. The first kappa shape index (κ1) is 8.53. The van der Waals surface area contributed by atoms with Crippen LogP contribution in [0, 0.1) is 5.41 Å².